The normalized spacial score (nSPS) is 11.7. The molecule has 0 saturated carbocycles. The summed E-state index contributed by atoms with van der Waals surface area (Å²) in [4.78, 5) is 16.6. The van der Waals surface area contributed by atoms with Crippen LogP contribution in [0.2, 0.25) is 5.02 Å². The molecule has 7 nitrogen and oxygen atoms in total. The van der Waals surface area contributed by atoms with Crippen LogP contribution in [0.3, 0.4) is 0 Å². The molecule has 0 radical (unpaired) electrons. The average molecular weight is 407 g/mol. The Morgan fingerprint density at radius 1 is 1.04 bits per heavy atom. The van der Waals surface area contributed by atoms with Gasteiger partial charge in [-0.3, -0.25) is 4.79 Å². The fourth-order valence-electron chi connectivity index (χ4n) is 2.68. The Balaban J connectivity index is 1.76. The third-order valence-electron chi connectivity index (χ3n) is 3.89. The summed E-state index contributed by atoms with van der Waals surface area (Å²) in [5, 5.41) is 10.5. The van der Waals surface area contributed by atoms with Gasteiger partial charge in [-0.25, -0.2) is 9.67 Å². The molecule has 0 atom stereocenters. The number of fused-ring (bicyclic) bond motifs is 1. The number of aromatic nitrogens is 5. The largest absolute Gasteiger partial charge is 0.434 e. The number of nitrogens with zero attached hydrogens (tertiary/aromatic N) is 5. The third kappa shape index (κ3) is 3.18. The molecule has 0 saturated heterocycles. The summed E-state index contributed by atoms with van der Waals surface area (Å²) >= 11 is 5.78. The number of hydrogen-bond acceptors (Lipinski definition) is 4. The number of hydrogen-bond donors (Lipinski definition) is 1. The topological polar surface area (TPSA) is 77.1 Å². The molecule has 3 aromatic heterocycles. The molecule has 0 fully saturated rings. The van der Waals surface area contributed by atoms with Crippen molar-refractivity contribution in [2.45, 2.75) is 6.18 Å². The predicted octanol–water partition coefficient (Wildman–Crippen LogP) is 3.84. The molecule has 0 bridgehead atoms. The maximum Gasteiger partial charge on any atom is 0.434 e. The van der Waals surface area contributed by atoms with Crippen LogP contribution < -0.4 is 5.32 Å². The first kappa shape index (κ1) is 18.0. The average Bonchev–Trinajstić information content (AvgIpc) is 3.29. The lowest BCUT2D eigenvalue weighted by Crippen LogP contribution is -2.21. The molecule has 0 aliphatic rings. The number of benzene rings is 1. The Morgan fingerprint density at radius 2 is 1.79 bits per heavy atom. The second kappa shape index (κ2) is 6.64. The van der Waals surface area contributed by atoms with E-state index in [0.717, 1.165) is 6.20 Å². The van der Waals surface area contributed by atoms with E-state index in [1.54, 1.807) is 6.07 Å². The minimum atomic E-state index is -4.82. The van der Waals surface area contributed by atoms with Gasteiger partial charge in [-0.2, -0.15) is 27.9 Å². The molecular weight excluding hydrogens is 397 g/mol. The molecule has 1 N–H and O–H groups in total. The van der Waals surface area contributed by atoms with E-state index in [2.05, 4.69) is 20.5 Å². The summed E-state index contributed by atoms with van der Waals surface area (Å²) in [5.74, 6) is -0.803. The molecule has 0 aliphatic heterocycles. The summed E-state index contributed by atoms with van der Waals surface area (Å²) in [6.07, 6.45) is -1.08. The molecule has 4 rings (SSSR count). The number of alkyl halides is 3. The van der Waals surface area contributed by atoms with E-state index in [4.69, 9.17) is 11.6 Å². The van der Waals surface area contributed by atoms with Crippen molar-refractivity contribution < 1.29 is 18.0 Å². The predicted molar refractivity (Wildman–Crippen MR) is 94.5 cm³/mol. The number of amides is 1. The Bertz CT molecular complexity index is 1170. The van der Waals surface area contributed by atoms with Crippen LogP contribution in [0, 0.1) is 0 Å². The van der Waals surface area contributed by atoms with E-state index in [9.17, 15) is 18.0 Å². The molecule has 0 aliphatic carbocycles. The maximum absolute atomic E-state index is 13.7. The van der Waals surface area contributed by atoms with Gasteiger partial charge >= 0.3 is 6.18 Å². The van der Waals surface area contributed by atoms with Gasteiger partial charge in [0.15, 0.2) is 11.3 Å². The van der Waals surface area contributed by atoms with Crippen LogP contribution in [-0.2, 0) is 6.18 Å². The Hall–Kier alpha value is -3.40. The highest BCUT2D eigenvalue weighted by Crippen LogP contribution is 2.34. The van der Waals surface area contributed by atoms with Gasteiger partial charge in [-0.05, 0) is 30.3 Å². The molecule has 3 heterocycles. The monoisotopic (exact) mass is 406 g/mol. The molecule has 0 spiro atoms. The van der Waals surface area contributed by atoms with Gasteiger partial charge in [-0.1, -0.05) is 11.6 Å². The quantitative estimate of drug-likeness (QED) is 0.561. The summed E-state index contributed by atoms with van der Waals surface area (Å²) in [5.41, 5.74) is -1.27. The number of anilines is 1. The molecule has 1 aromatic carbocycles. The minimum Gasteiger partial charge on any atom is -0.306 e. The molecule has 0 unspecified atom stereocenters. The number of carbonyl (C=O) groups is 1. The van der Waals surface area contributed by atoms with Gasteiger partial charge in [0.05, 0.1) is 23.6 Å². The van der Waals surface area contributed by atoms with Crippen molar-refractivity contribution in [3.05, 3.63) is 71.3 Å². The SMILES string of the molecule is O=C(Nc1ccnc2ccnn12)c1cnn(-c2ccc(Cl)cc2)c1C(F)(F)F. The van der Waals surface area contributed by atoms with Gasteiger partial charge in [0.25, 0.3) is 5.91 Å². The van der Waals surface area contributed by atoms with Crippen molar-refractivity contribution in [1.82, 2.24) is 24.4 Å². The zero-order chi connectivity index (χ0) is 19.9. The van der Waals surface area contributed by atoms with Gasteiger partial charge in [0, 0.05) is 17.3 Å². The fraction of sp³-hybridized carbons (Fsp3) is 0.0588. The highest BCUT2D eigenvalue weighted by atomic mass is 35.5. The van der Waals surface area contributed by atoms with Gasteiger partial charge < -0.3 is 5.32 Å². The molecule has 11 heteroatoms. The Morgan fingerprint density at radius 3 is 2.50 bits per heavy atom. The third-order valence-corrected chi connectivity index (χ3v) is 4.14. The van der Waals surface area contributed by atoms with E-state index in [-0.39, 0.29) is 11.5 Å². The first-order valence-electron chi connectivity index (χ1n) is 7.86. The van der Waals surface area contributed by atoms with Crippen LogP contribution in [-0.4, -0.2) is 30.3 Å². The van der Waals surface area contributed by atoms with Gasteiger partial charge in [0.2, 0.25) is 0 Å². The standard InChI is InChI=1S/C17H10ClF3N6O/c18-10-1-3-11(4-2-10)26-15(17(19,20)21)12(9-24-26)16(28)25-14-5-7-22-13-6-8-23-27(13)14/h1-9H,(H,25,28). The van der Waals surface area contributed by atoms with Crippen molar-refractivity contribution >= 4 is 29.0 Å². The van der Waals surface area contributed by atoms with Crippen molar-refractivity contribution in [3.8, 4) is 5.69 Å². The molecular formula is C17H10ClF3N6O. The van der Waals surface area contributed by atoms with Gasteiger partial charge in [-0.15, -0.1) is 0 Å². The fourth-order valence-corrected chi connectivity index (χ4v) is 2.80. The van der Waals surface area contributed by atoms with Gasteiger partial charge in [0.1, 0.15) is 5.82 Å². The first-order valence-corrected chi connectivity index (χ1v) is 8.23. The van der Waals surface area contributed by atoms with E-state index >= 15 is 0 Å². The maximum atomic E-state index is 13.7. The number of carbonyl (C=O) groups excluding carboxylic acids is 1. The highest BCUT2D eigenvalue weighted by molar-refractivity contribution is 6.30. The molecule has 1 amide bonds. The summed E-state index contributed by atoms with van der Waals surface area (Å²) in [6.45, 7) is 0. The van der Waals surface area contributed by atoms with E-state index in [0.29, 0.717) is 15.4 Å². The highest BCUT2D eigenvalue weighted by Gasteiger charge is 2.40. The molecule has 4 aromatic rings. The summed E-state index contributed by atoms with van der Waals surface area (Å²) < 4.78 is 43.1. The number of rotatable bonds is 3. The second-order valence-corrected chi connectivity index (χ2v) is 6.11. The molecule has 142 valence electrons. The lowest BCUT2D eigenvalue weighted by molar-refractivity contribution is -0.143. The van der Waals surface area contributed by atoms with E-state index in [1.165, 1.54) is 47.2 Å². The van der Waals surface area contributed by atoms with Crippen molar-refractivity contribution in [2.75, 3.05) is 5.32 Å². The van der Waals surface area contributed by atoms with Crippen LogP contribution in [0.4, 0.5) is 19.0 Å². The summed E-state index contributed by atoms with van der Waals surface area (Å²) in [6, 6.07) is 8.64. The van der Waals surface area contributed by atoms with Crippen LogP contribution in [0.25, 0.3) is 11.3 Å². The Labute approximate surface area is 160 Å². The second-order valence-electron chi connectivity index (χ2n) is 5.68. The van der Waals surface area contributed by atoms with Crippen LogP contribution >= 0.6 is 11.6 Å². The first-order chi connectivity index (χ1) is 13.3. The zero-order valence-electron chi connectivity index (χ0n) is 13.9. The van der Waals surface area contributed by atoms with Crippen LogP contribution in [0.5, 0.6) is 0 Å². The van der Waals surface area contributed by atoms with Crippen LogP contribution in [0.1, 0.15) is 16.1 Å². The Kier molecular flexibility index (Phi) is 4.27. The van der Waals surface area contributed by atoms with E-state index < -0.39 is 23.3 Å². The molecule has 28 heavy (non-hydrogen) atoms. The van der Waals surface area contributed by atoms with Crippen LogP contribution in [0.15, 0.2) is 55.0 Å². The van der Waals surface area contributed by atoms with Crippen molar-refractivity contribution in [1.29, 1.82) is 0 Å². The minimum absolute atomic E-state index is 0.120. The summed E-state index contributed by atoms with van der Waals surface area (Å²) in [7, 11) is 0. The lowest BCUT2D eigenvalue weighted by Gasteiger charge is -2.13. The zero-order valence-corrected chi connectivity index (χ0v) is 14.6. The number of halogens is 4. The van der Waals surface area contributed by atoms with Crippen molar-refractivity contribution in [2.24, 2.45) is 0 Å². The smallest absolute Gasteiger partial charge is 0.306 e. The number of nitrogens with one attached hydrogen (secondary N) is 1. The lowest BCUT2D eigenvalue weighted by atomic mass is 10.2. The van der Waals surface area contributed by atoms with E-state index in [1.807, 2.05) is 0 Å². The van der Waals surface area contributed by atoms with Crippen molar-refractivity contribution in [3.63, 3.8) is 0 Å².